The van der Waals surface area contributed by atoms with Gasteiger partial charge in [0.15, 0.2) is 6.61 Å². The molecule has 1 atom stereocenters. The summed E-state index contributed by atoms with van der Waals surface area (Å²) < 4.78 is 11.3. The van der Waals surface area contributed by atoms with Crippen molar-refractivity contribution in [2.45, 2.75) is 33.7 Å². The van der Waals surface area contributed by atoms with Crippen molar-refractivity contribution < 1.29 is 13.9 Å². The number of carbonyl (C=O) groups is 1. The van der Waals surface area contributed by atoms with Gasteiger partial charge in [-0.15, -0.1) is 0 Å². The fraction of sp³-hybridized carbons (Fsp3) is 0.316. The maximum Gasteiger partial charge on any atom is 0.258 e. The van der Waals surface area contributed by atoms with Gasteiger partial charge in [-0.3, -0.25) is 4.79 Å². The molecular formula is C19H21N3O3. The smallest absolute Gasteiger partial charge is 0.258 e. The lowest BCUT2D eigenvalue weighted by Gasteiger charge is -2.14. The number of fused-ring (bicyclic) bond motifs is 1. The van der Waals surface area contributed by atoms with Crippen LogP contribution in [0.3, 0.4) is 0 Å². The number of amides is 1. The van der Waals surface area contributed by atoms with Crippen molar-refractivity contribution in [2.75, 3.05) is 6.61 Å². The second-order valence-corrected chi connectivity index (χ2v) is 6.03. The number of hydrogen-bond acceptors (Lipinski definition) is 5. The molecule has 0 radical (unpaired) electrons. The summed E-state index contributed by atoms with van der Waals surface area (Å²) in [5.74, 6) is 1.47. The third-order valence-electron chi connectivity index (χ3n) is 4.12. The fourth-order valence-electron chi connectivity index (χ4n) is 2.66. The summed E-state index contributed by atoms with van der Waals surface area (Å²) in [4.78, 5) is 20.8. The molecular weight excluding hydrogens is 318 g/mol. The standard InChI is InChI=1S/C19H21N3O3/c1-11-13(3)25-19-17(11)18(21-14(4)22-19)24-10-16(23)20-12(2)15-8-6-5-7-9-15/h5-9,12H,10H2,1-4H3,(H,20,23). The molecule has 6 heteroatoms. The Balaban J connectivity index is 1.71. The van der Waals surface area contributed by atoms with E-state index in [1.54, 1.807) is 6.92 Å². The number of rotatable bonds is 5. The molecule has 0 bridgehead atoms. The average molecular weight is 339 g/mol. The van der Waals surface area contributed by atoms with Crippen molar-refractivity contribution in [1.82, 2.24) is 15.3 Å². The van der Waals surface area contributed by atoms with Crippen molar-refractivity contribution in [2.24, 2.45) is 0 Å². The van der Waals surface area contributed by atoms with Crippen LogP contribution in [0.1, 0.15) is 35.7 Å². The molecule has 0 aliphatic carbocycles. The van der Waals surface area contributed by atoms with Crippen LogP contribution in [-0.4, -0.2) is 22.5 Å². The van der Waals surface area contributed by atoms with Crippen LogP contribution in [0.2, 0.25) is 0 Å². The first-order valence-electron chi connectivity index (χ1n) is 8.17. The van der Waals surface area contributed by atoms with E-state index in [4.69, 9.17) is 9.15 Å². The molecule has 25 heavy (non-hydrogen) atoms. The monoisotopic (exact) mass is 339 g/mol. The molecule has 0 aliphatic heterocycles. The summed E-state index contributed by atoms with van der Waals surface area (Å²) in [6.07, 6.45) is 0. The molecule has 0 saturated carbocycles. The molecule has 0 aliphatic rings. The van der Waals surface area contributed by atoms with Crippen molar-refractivity contribution >= 4 is 17.0 Å². The number of furan rings is 1. The summed E-state index contributed by atoms with van der Waals surface area (Å²) in [7, 11) is 0. The van der Waals surface area contributed by atoms with Crippen LogP contribution >= 0.6 is 0 Å². The Morgan fingerprint density at radius 3 is 2.64 bits per heavy atom. The number of aromatic nitrogens is 2. The summed E-state index contributed by atoms with van der Waals surface area (Å²) in [5, 5.41) is 3.63. The van der Waals surface area contributed by atoms with Gasteiger partial charge >= 0.3 is 0 Å². The van der Waals surface area contributed by atoms with Crippen LogP contribution in [0.5, 0.6) is 5.88 Å². The highest BCUT2D eigenvalue weighted by atomic mass is 16.5. The molecule has 1 amide bonds. The maximum atomic E-state index is 12.2. The number of nitrogens with one attached hydrogen (secondary N) is 1. The predicted molar refractivity (Wildman–Crippen MR) is 94.5 cm³/mol. The topological polar surface area (TPSA) is 77.2 Å². The van der Waals surface area contributed by atoms with Gasteiger partial charge in [0.1, 0.15) is 17.0 Å². The second-order valence-electron chi connectivity index (χ2n) is 6.03. The molecule has 1 N–H and O–H groups in total. The largest absolute Gasteiger partial charge is 0.467 e. The lowest BCUT2D eigenvalue weighted by molar-refractivity contribution is -0.123. The molecule has 2 aromatic heterocycles. The highest BCUT2D eigenvalue weighted by molar-refractivity contribution is 5.85. The Hall–Kier alpha value is -2.89. The number of ether oxygens (including phenoxy) is 1. The minimum Gasteiger partial charge on any atom is -0.467 e. The Kier molecular flexibility index (Phi) is 4.70. The Morgan fingerprint density at radius 1 is 1.20 bits per heavy atom. The SMILES string of the molecule is Cc1nc(OCC(=O)NC(C)c2ccccc2)c2c(C)c(C)oc2n1. The van der Waals surface area contributed by atoms with Crippen LogP contribution in [0.15, 0.2) is 34.7 Å². The summed E-state index contributed by atoms with van der Waals surface area (Å²) in [5.41, 5.74) is 2.44. The van der Waals surface area contributed by atoms with E-state index in [0.717, 1.165) is 16.9 Å². The Morgan fingerprint density at radius 2 is 1.92 bits per heavy atom. The lowest BCUT2D eigenvalue weighted by atomic mass is 10.1. The first kappa shape index (κ1) is 17.0. The van der Waals surface area contributed by atoms with E-state index >= 15 is 0 Å². The highest BCUT2D eigenvalue weighted by Gasteiger charge is 2.17. The van der Waals surface area contributed by atoms with E-state index in [0.29, 0.717) is 22.8 Å². The highest BCUT2D eigenvalue weighted by Crippen LogP contribution is 2.30. The first-order valence-corrected chi connectivity index (χ1v) is 8.17. The van der Waals surface area contributed by atoms with Crippen LogP contribution < -0.4 is 10.1 Å². The van der Waals surface area contributed by atoms with E-state index in [9.17, 15) is 4.79 Å². The van der Waals surface area contributed by atoms with E-state index in [1.165, 1.54) is 0 Å². The zero-order chi connectivity index (χ0) is 18.0. The normalized spacial score (nSPS) is 12.2. The Bertz CT molecular complexity index is 903. The molecule has 0 fully saturated rings. The minimum absolute atomic E-state index is 0.0950. The number of carbonyl (C=O) groups excluding carboxylic acids is 1. The molecule has 2 heterocycles. The first-order chi connectivity index (χ1) is 12.0. The van der Waals surface area contributed by atoms with Gasteiger partial charge in [-0.05, 0) is 33.3 Å². The Labute approximate surface area is 146 Å². The van der Waals surface area contributed by atoms with Gasteiger partial charge in [-0.1, -0.05) is 30.3 Å². The lowest BCUT2D eigenvalue weighted by Crippen LogP contribution is -2.31. The van der Waals surface area contributed by atoms with Gasteiger partial charge in [-0.25, -0.2) is 0 Å². The quantitative estimate of drug-likeness (QED) is 0.771. The minimum atomic E-state index is -0.210. The van der Waals surface area contributed by atoms with Crippen LogP contribution in [-0.2, 0) is 4.79 Å². The fourth-order valence-corrected chi connectivity index (χ4v) is 2.66. The van der Waals surface area contributed by atoms with Gasteiger partial charge in [0.25, 0.3) is 5.91 Å². The van der Waals surface area contributed by atoms with E-state index in [1.807, 2.05) is 51.1 Å². The van der Waals surface area contributed by atoms with Gasteiger partial charge in [0, 0.05) is 5.56 Å². The van der Waals surface area contributed by atoms with Crippen molar-refractivity contribution in [3.8, 4) is 5.88 Å². The van der Waals surface area contributed by atoms with Crippen LogP contribution in [0.4, 0.5) is 0 Å². The van der Waals surface area contributed by atoms with Gasteiger partial charge in [-0.2, -0.15) is 9.97 Å². The van der Waals surface area contributed by atoms with Gasteiger partial charge in [0.2, 0.25) is 11.6 Å². The van der Waals surface area contributed by atoms with E-state index in [2.05, 4.69) is 15.3 Å². The molecule has 0 spiro atoms. The second kappa shape index (κ2) is 6.93. The molecule has 3 aromatic rings. The van der Waals surface area contributed by atoms with Crippen molar-refractivity contribution in [1.29, 1.82) is 0 Å². The number of nitrogens with zero attached hydrogens (tertiary/aromatic N) is 2. The summed E-state index contributed by atoms with van der Waals surface area (Å²) in [6, 6.07) is 9.68. The van der Waals surface area contributed by atoms with Crippen molar-refractivity contribution in [3.63, 3.8) is 0 Å². The number of hydrogen-bond donors (Lipinski definition) is 1. The number of benzene rings is 1. The summed E-state index contributed by atoms with van der Waals surface area (Å²) >= 11 is 0. The predicted octanol–water partition coefficient (Wildman–Crippen LogP) is 3.40. The summed E-state index contributed by atoms with van der Waals surface area (Å²) in [6.45, 7) is 7.36. The third-order valence-corrected chi connectivity index (χ3v) is 4.12. The molecule has 1 unspecified atom stereocenters. The maximum absolute atomic E-state index is 12.2. The zero-order valence-corrected chi connectivity index (χ0v) is 14.8. The zero-order valence-electron chi connectivity index (χ0n) is 14.8. The molecule has 3 rings (SSSR count). The van der Waals surface area contributed by atoms with E-state index in [-0.39, 0.29) is 18.6 Å². The van der Waals surface area contributed by atoms with Crippen molar-refractivity contribution in [3.05, 3.63) is 53.0 Å². The van der Waals surface area contributed by atoms with Crippen LogP contribution in [0, 0.1) is 20.8 Å². The third kappa shape index (κ3) is 3.63. The van der Waals surface area contributed by atoms with E-state index < -0.39 is 0 Å². The number of aryl methyl sites for hydroxylation is 3. The average Bonchev–Trinajstić information content (AvgIpc) is 2.87. The van der Waals surface area contributed by atoms with Crippen LogP contribution in [0.25, 0.3) is 11.1 Å². The molecule has 0 saturated heterocycles. The molecule has 6 nitrogen and oxygen atoms in total. The van der Waals surface area contributed by atoms with Gasteiger partial charge < -0.3 is 14.5 Å². The molecule has 1 aromatic carbocycles. The molecule has 130 valence electrons. The van der Waals surface area contributed by atoms with Gasteiger partial charge in [0.05, 0.1) is 6.04 Å².